The van der Waals surface area contributed by atoms with Gasteiger partial charge in [-0.15, -0.1) is 0 Å². The number of benzene rings is 1. The Morgan fingerprint density at radius 1 is 1.16 bits per heavy atom. The molecule has 0 radical (unpaired) electrons. The van der Waals surface area contributed by atoms with Gasteiger partial charge in [0.05, 0.1) is 0 Å². The molecule has 1 unspecified atom stereocenters. The lowest BCUT2D eigenvalue weighted by molar-refractivity contribution is -0.121. The monoisotopic (exact) mass is 297 g/mol. The molecule has 0 heterocycles. The first-order valence-corrected chi connectivity index (χ1v) is 6.79. The number of hydrogen-bond donors (Lipinski definition) is 3. The van der Waals surface area contributed by atoms with Gasteiger partial charge in [0, 0.05) is 12.6 Å². The van der Waals surface area contributed by atoms with Gasteiger partial charge in [-0.05, 0) is 5.56 Å². The van der Waals surface area contributed by atoms with Crippen LogP contribution in [0, 0.1) is 0 Å². The van der Waals surface area contributed by atoms with Crippen LogP contribution in [0.5, 0.6) is 0 Å². The molecule has 0 spiro atoms. The van der Waals surface area contributed by atoms with Crippen molar-refractivity contribution in [2.45, 2.75) is 12.2 Å². The van der Waals surface area contributed by atoms with Gasteiger partial charge in [-0.2, -0.15) is 26.3 Å². The number of halogens is 3. The summed E-state index contributed by atoms with van der Waals surface area (Å²) < 4.78 is 61.4. The molecule has 1 rings (SSSR count). The zero-order chi connectivity index (χ0) is 14.5. The van der Waals surface area contributed by atoms with E-state index in [1.807, 2.05) is 4.72 Å². The number of rotatable bonds is 6. The van der Waals surface area contributed by atoms with Gasteiger partial charge < -0.3 is 5.73 Å². The van der Waals surface area contributed by atoms with Crippen molar-refractivity contribution in [3.63, 3.8) is 0 Å². The van der Waals surface area contributed by atoms with Gasteiger partial charge in [-0.3, -0.25) is 0 Å². The maximum atomic E-state index is 11.9. The van der Waals surface area contributed by atoms with Crippen molar-refractivity contribution in [3.05, 3.63) is 35.9 Å². The third-order valence-electron chi connectivity index (χ3n) is 2.18. The molecule has 0 saturated carbocycles. The summed E-state index contributed by atoms with van der Waals surface area (Å²) in [5.41, 5.74) is 6.39. The molecule has 1 aromatic carbocycles. The normalized spacial score (nSPS) is 14.3. The summed E-state index contributed by atoms with van der Waals surface area (Å²) in [6, 6.07) is 7.98. The second-order valence-electron chi connectivity index (χ2n) is 3.81. The molecule has 108 valence electrons. The van der Waals surface area contributed by atoms with Gasteiger partial charge in [-0.25, -0.2) is 4.72 Å². The van der Waals surface area contributed by atoms with Crippen LogP contribution in [0.25, 0.3) is 0 Å². The topological polar surface area (TPSA) is 84.2 Å². The lowest BCUT2D eigenvalue weighted by Gasteiger charge is -2.14. The molecule has 0 aliphatic rings. The molecular formula is C10H14F3N3O2S. The van der Waals surface area contributed by atoms with Crippen LogP contribution in [0.15, 0.2) is 30.3 Å². The molecule has 5 nitrogen and oxygen atoms in total. The van der Waals surface area contributed by atoms with E-state index in [1.54, 1.807) is 30.3 Å². The molecule has 1 atom stereocenters. The van der Waals surface area contributed by atoms with Gasteiger partial charge in [0.2, 0.25) is 0 Å². The van der Waals surface area contributed by atoms with Crippen molar-refractivity contribution >= 4 is 10.2 Å². The Hall–Kier alpha value is -1.16. The van der Waals surface area contributed by atoms with Crippen LogP contribution in [-0.4, -0.2) is 27.7 Å². The van der Waals surface area contributed by atoms with Gasteiger partial charge in [0.25, 0.3) is 10.2 Å². The zero-order valence-corrected chi connectivity index (χ0v) is 10.6. The standard InChI is InChI=1S/C10H14F3N3O2S/c11-10(12,13)7-16-19(17,18)15-6-9(14)8-4-2-1-3-5-8/h1-5,9,15-16H,6-7,14H2. The summed E-state index contributed by atoms with van der Waals surface area (Å²) in [6.45, 7) is -1.82. The molecule has 0 aliphatic carbocycles. The van der Waals surface area contributed by atoms with Crippen LogP contribution in [-0.2, 0) is 10.2 Å². The van der Waals surface area contributed by atoms with E-state index in [2.05, 4.69) is 0 Å². The van der Waals surface area contributed by atoms with Crippen LogP contribution in [0.1, 0.15) is 11.6 Å². The Bertz CT molecular complexity index is 490. The van der Waals surface area contributed by atoms with Crippen LogP contribution in [0.4, 0.5) is 13.2 Å². The van der Waals surface area contributed by atoms with E-state index >= 15 is 0 Å². The lowest BCUT2D eigenvalue weighted by atomic mass is 10.1. The number of nitrogens with one attached hydrogen (secondary N) is 2. The zero-order valence-electron chi connectivity index (χ0n) is 9.81. The van der Waals surface area contributed by atoms with Crippen molar-refractivity contribution < 1.29 is 21.6 Å². The number of alkyl halides is 3. The predicted molar refractivity (Wildman–Crippen MR) is 64.4 cm³/mol. The van der Waals surface area contributed by atoms with Gasteiger partial charge in [0.15, 0.2) is 0 Å². The SMILES string of the molecule is NC(CNS(=O)(=O)NCC(F)(F)F)c1ccccc1. The highest BCUT2D eigenvalue weighted by molar-refractivity contribution is 7.87. The van der Waals surface area contributed by atoms with Crippen LogP contribution >= 0.6 is 0 Å². The van der Waals surface area contributed by atoms with E-state index in [4.69, 9.17) is 5.73 Å². The van der Waals surface area contributed by atoms with Crippen LogP contribution < -0.4 is 15.2 Å². The first kappa shape index (κ1) is 15.9. The predicted octanol–water partition coefficient (Wildman–Crippen LogP) is 0.673. The molecule has 0 bridgehead atoms. The number of nitrogens with two attached hydrogens (primary N) is 1. The fourth-order valence-electron chi connectivity index (χ4n) is 1.25. The first-order valence-electron chi connectivity index (χ1n) is 5.31. The Kier molecular flexibility index (Phi) is 5.29. The minimum atomic E-state index is -4.60. The van der Waals surface area contributed by atoms with Crippen molar-refractivity contribution in [3.8, 4) is 0 Å². The molecule has 19 heavy (non-hydrogen) atoms. The molecule has 1 aromatic rings. The fraction of sp³-hybridized carbons (Fsp3) is 0.400. The molecule has 0 aliphatic heterocycles. The van der Waals surface area contributed by atoms with Gasteiger partial charge in [0.1, 0.15) is 6.54 Å². The van der Waals surface area contributed by atoms with Crippen molar-refractivity contribution in [2.75, 3.05) is 13.1 Å². The van der Waals surface area contributed by atoms with E-state index < -0.39 is 29.0 Å². The Morgan fingerprint density at radius 3 is 2.26 bits per heavy atom. The highest BCUT2D eigenvalue weighted by atomic mass is 32.2. The van der Waals surface area contributed by atoms with E-state index in [-0.39, 0.29) is 6.54 Å². The average Bonchev–Trinajstić information content (AvgIpc) is 2.34. The summed E-state index contributed by atoms with van der Waals surface area (Å²) in [6.07, 6.45) is -4.60. The quantitative estimate of drug-likeness (QED) is 0.721. The minimum Gasteiger partial charge on any atom is -0.323 e. The second-order valence-corrected chi connectivity index (χ2v) is 5.39. The summed E-state index contributed by atoms with van der Waals surface area (Å²) >= 11 is 0. The third kappa shape index (κ3) is 6.53. The minimum absolute atomic E-state index is 0.197. The Labute approximate surface area is 109 Å². The summed E-state index contributed by atoms with van der Waals surface area (Å²) in [5.74, 6) is 0. The summed E-state index contributed by atoms with van der Waals surface area (Å²) in [4.78, 5) is 0. The molecule has 0 fully saturated rings. The van der Waals surface area contributed by atoms with E-state index in [0.29, 0.717) is 5.56 Å². The van der Waals surface area contributed by atoms with Crippen molar-refractivity contribution in [1.29, 1.82) is 0 Å². The molecule has 0 amide bonds. The molecule has 9 heteroatoms. The van der Waals surface area contributed by atoms with Gasteiger partial charge >= 0.3 is 6.18 Å². The molecular weight excluding hydrogens is 283 g/mol. The number of hydrogen-bond acceptors (Lipinski definition) is 3. The second kappa shape index (κ2) is 6.33. The van der Waals surface area contributed by atoms with E-state index in [1.165, 1.54) is 4.72 Å². The first-order chi connectivity index (χ1) is 8.70. The summed E-state index contributed by atoms with van der Waals surface area (Å²) in [7, 11) is -4.22. The van der Waals surface area contributed by atoms with Crippen molar-refractivity contribution in [2.24, 2.45) is 5.73 Å². The molecule has 4 N–H and O–H groups in total. The highest BCUT2D eigenvalue weighted by Crippen LogP contribution is 2.12. The Balaban J connectivity index is 2.47. The highest BCUT2D eigenvalue weighted by Gasteiger charge is 2.29. The average molecular weight is 297 g/mol. The maximum Gasteiger partial charge on any atom is 0.402 e. The Morgan fingerprint density at radius 2 is 1.74 bits per heavy atom. The largest absolute Gasteiger partial charge is 0.402 e. The van der Waals surface area contributed by atoms with Crippen molar-refractivity contribution in [1.82, 2.24) is 9.44 Å². The third-order valence-corrected chi connectivity index (χ3v) is 3.25. The smallest absolute Gasteiger partial charge is 0.323 e. The fourth-order valence-corrected chi connectivity index (χ4v) is 2.10. The van der Waals surface area contributed by atoms with E-state index in [0.717, 1.165) is 0 Å². The molecule has 0 saturated heterocycles. The molecule has 0 aromatic heterocycles. The van der Waals surface area contributed by atoms with Crippen LogP contribution in [0.2, 0.25) is 0 Å². The van der Waals surface area contributed by atoms with Gasteiger partial charge in [-0.1, -0.05) is 30.3 Å². The van der Waals surface area contributed by atoms with E-state index in [9.17, 15) is 21.6 Å². The summed E-state index contributed by atoms with van der Waals surface area (Å²) in [5, 5.41) is 0. The maximum absolute atomic E-state index is 11.9. The lowest BCUT2D eigenvalue weighted by Crippen LogP contribution is -2.43. The van der Waals surface area contributed by atoms with Crippen LogP contribution in [0.3, 0.4) is 0 Å².